The standard InChI is InChI=1S/C17H14FN3O5/c1-25-15-8-12(21(23)24)6-7-13(15)19-17(22)16-9-14(20-26-16)10-2-4-11(18)5-3-10/h2-8,16H,9H2,1H3,(H,19,22). The molecule has 1 amide bonds. The van der Waals surface area contributed by atoms with E-state index in [1.165, 1.54) is 37.4 Å². The monoisotopic (exact) mass is 359 g/mol. The predicted molar refractivity (Wildman–Crippen MR) is 90.7 cm³/mol. The molecule has 0 aromatic heterocycles. The highest BCUT2D eigenvalue weighted by atomic mass is 19.1. The van der Waals surface area contributed by atoms with E-state index in [1.807, 2.05) is 0 Å². The van der Waals surface area contributed by atoms with Crippen LogP contribution in [0.25, 0.3) is 0 Å². The van der Waals surface area contributed by atoms with E-state index in [0.29, 0.717) is 11.3 Å². The Hall–Kier alpha value is -3.49. The number of nitro benzene ring substituents is 1. The highest BCUT2D eigenvalue weighted by Gasteiger charge is 2.29. The summed E-state index contributed by atoms with van der Waals surface area (Å²) in [5, 5.41) is 17.3. The molecular formula is C17H14FN3O5. The molecule has 0 spiro atoms. The van der Waals surface area contributed by atoms with Gasteiger partial charge in [0.05, 0.1) is 29.5 Å². The number of nitro groups is 1. The molecule has 0 fully saturated rings. The van der Waals surface area contributed by atoms with Crippen molar-refractivity contribution in [1.82, 2.24) is 0 Å². The van der Waals surface area contributed by atoms with Gasteiger partial charge in [0.2, 0.25) is 6.10 Å². The van der Waals surface area contributed by atoms with Crippen molar-refractivity contribution >= 4 is 23.0 Å². The van der Waals surface area contributed by atoms with Crippen LogP contribution in [0.1, 0.15) is 12.0 Å². The van der Waals surface area contributed by atoms with Crippen molar-refractivity contribution in [2.75, 3.05) is 12.4 Å². The first kappa shape index (κ1) is 17.3. The zero-order valence-corrected chi connectivity index (χ0v) is 13.6. The lowest BCUT2D eigenvalue weighted by Gasteiger charge is -2.12. The van der Waals surface area contributed by atoms with E-state index in [0.717, 1.165) is 0 Å². The molecule has 9 heteroatoms. The molecule has 8 nitrogen and oxygen atoms in total. The smallest absolute Gasteiger partial charge is 0.273 e. The SMILES string of the molecule is COc1cc([N+](=O)[O-])ccc1NC(=O)C1CC(c2ccc(F)cc2)=NO1. The van der Waals surface area contributed by atoms with Crippen molar-refractivity contribution < 1.29 is 23.7 Å². The van der Waals surface area contributed by atoms with Crippen molar-refractivity contribution in [3.8, 4) is 5.75 Å². The van der Waals surface area contributed by atoms with E-state index in [4.69, 9.17) is 9.57 Å². The maximum atomic E-state index is 13.0. The predicted octanol–water partition coefficient (Wildman–Crippen LogP) is 2.87. The third-order valence-electron chi connectivity index (χ3n) is 3.79. The average Bonchev–Trinajstić information content (AvgIpc) is 3.12. The summed E-state index contributed by atoms with van der Waals surface area (Å²) in [7, 11) is 1.34. The fraction of sp³-hybridized carbons (Fsp3) is 0.176. The van der Waals surface area contributed by atoms with Gasteiger partial charge < -0.3 is 14.9 Å². The quantitative estimate of drug-likeness (QED) is 0.653. The zero-order valence-electron chi connectivity index (χ0n) is 13.6. The molecule has 26 heavy (non-hydrogen) atoms. The molecule has 134 valence electrons. The number of amides is 1. The minimum absolute atomic E-state index is 0.154. The molecule has 3 rings (SSSR count). The topological polar surface area (TPSA) is 103 Å². The van der Waals surface area contributed by atoms with Crippen molar-refractivity contribution in [1.29, 1.82) is 0 Å². The summed E-state index contributed by atoms with van der Waals surface area (Å²) in [5.74, 6) is -0.684. The number of hydrogen-bond acceptors (Lipinski definition) is 6. The molecule has 1 aliphatic heterocycles. The van der Waals surface area contributed by atoms with Gasteiger partial charge in [0, 0.05) is 12.5 Å². The number of rotatable bonds is 5. The lowest BCUT2D eigenvalue weighted by Crippen LogP contribution is -2.28. The van der Waals surface area contributed by atoms with E-state index in [9.17, 15) is 19.3 Å². The number of ether oxygens (including phenoxy) is 1. The number of carbonyl (C=O) groups is 1. The third-order valence-corrected chi connectivity index (χ3v) is 3.79. The van der Waals surface area contributed by atoms with Crippen LogP contribution in [0.2, 0.25) is 0 Å². The van der Waals surface area contributed by atoms with E-state index < -0.39 is 16.9 Å². The number of halogens is 1. The molecule has 2 aromatic carbocycles. The van der Waals surface area contributed by atoms with Gasteiger partial charge in [-0.25, -0.2) is 4.39 Å². The number of carbonyl (C=O) groups excluding carboxylic acids is 1. The third kappa shape index (κ3) is 3.61. The van der Waals surface area contributed by atoms with Gasteiger partial charge in [-0.15, -0.1) is 0 Å². The molecule has 2 aromatic rings. The molecular weight excluding hydrogens is 345 g/mol. The Morgan fingerprint density at radius 2 is 2.08 bits per heavy atom. The lowest BCUT2D eigenvalue weighted by atomic mass is 10.0. The van der Waals surface area contributed by atoms with E-state index >= 15 is 0 Å². The molecule has 0 saturated heterocycles. The largest absolute Gasteiger partial charge is 0.494 e. The summed E-state index contributed by atoms with van der Waals surface area (Å²) < 4.78 is 18.1. The number of anilines is 1. The molecule has 1 aliphatic rings. The van der Waals surface area contributed by atoms with Crippen LogP contribution >= 0.6 is 0 Å². The summed E-state index contributed by atoms with van der Waals surface area (Å²) in [6.07, 6.45) is -0.651. The second-order valence-corrected chi connectivity index (χ2v) is 5.47. The van der Waals surface area contributed by atoms with Gasteiger partial charge in [-0.05, 0) is 23.8 Å². The van der Waals surface area contributed by atoms with Gasteiger partial charge >= 0.3 is 0 Å². The Labute approximate surface area is 147 Å². The van der Waals surface area contributed by atoms with Crippen LogP contribution in [0.3, 0.4) is 0 Å². The number of nitrogens with zero attached hydrogens (tertiary/aromatic N) is 2. The van der Waals surface area contributed by atoms with E-state index in [2.05, 4.69) is 10.5 Å². The van der Waals surface area contributed by atoms with Gasteiger partial charge in [-0.1, -0.05) is 17.3 Å². The highest BCUT2D eigenvalue weighted by Crippen LogP contribution is 2.29. The number of nitrogens with one attached hydrogen (secondary N) is 1. The van der Waals surface area contributed by atoms with Crippen LogP contribution in [-0.2, 0) is 9.63 Å². The lowest BCUT2D eigenvalue weighted by molar-refractivity contribution is -0.384. The molecule has 0 bridgehead atoms. The normalized spacial score (nSPS) is 15.8. The Kier molecular flexibility index (Phi) is 4.78. The van der Waals surface area contributed by atoms with Crippen LogP contribution < -0.4 is 10.1 Å². The fourth-order valence-corrected chi connectivity index (χ4v) is 2.44. The Morgan fingerprint density at radius 1 is 1.35 bits per heavy atom. The van der Waals surface area contributed by atoms with Crippen molar-refractivity contribution in [3.05, 3.63) is 64.0 Å². The summed E-state index contributed by atoms with van der Waals surface area (Å²) in [5.41, 5.74) is 1.32. The number of hydrogen-bond donors (Lipinski definition) is 1. The first-order valence-corrected chi connectivity index (χ1v) is 7.60. The molecule has 0 saturated carbocycles. The number of benzene rings is 2. The number of methoxy groups -OCH3 is 1. The van der Waals surface area contributed by atoms with Gasteiger partial charge in [0.25, 0.3) is 11.6 Å². The van der Waals surface area contributed by atoms with Crippen molar-refractivity contribution in [3.63, 3.8) is 0 Å². The molecule has 1 heterocycles. The van der Waals surface area contributed by atoms with Gasteiger partial charge in [0.15, 0.2) is 0 Å². The van der Waals surface area contributed by atoms with E-state index in [1.54, 1.807) is 12.1 Å². The second kappa shape index (κ2) is 7.18. The Morgan fingerprint density at radius 3 is 2.73 bits per heavy atom. The maximum absolute atomic E-state index is 13.0. The fourth-order valence-electron chi connectivity index (χ4n) is 2.44. The van der Waals surface area contributed by atoms with Gasteiger partial charge in [-0.2, -0.15) is 0 Å². The molecule has 1 N–H and O–H groups in total. The molecule has 1 atom stereocenters. The first-order chi connectivity index (χ1) is 12.5. The molecule has 1 unspecified atom stereocenters. The summed E-state index contributed by atoms with van der Waals surface area (Å²) >= 11 is 0. The minimum atomic E-state index is -0.866. The van der Waals surface area contributed by atoms with Crippen LogP contribution in [-0.4, -0.2) is 29.8 Å². The summed E-state index contributed by atoms with van der Waals surface area (Å²) in [6.45, 7) is 0. The Bertz CT molecular complexity index is 882. The van der Waals surface area contributed by atoms with Crippen molar-refractivity contribution in [2.24, 2.45) is 5.16 Å². The second-order valence-electron chi connectivity index (χ2n) is 5.47. The van der Waals surface area contributed by atoms with Crippen LogP contribution in [0, 0.1) is 15.9 Å². The van der Waals surface area contributed by atoms with Gasteiger partial charge in [-0.3, -0.25) is 14.9 Å². The first-order valence-electron chi connectivity index (χ1n) is 7.60. The van der Waals surface area contributed by atoms with Crippen LogP contribution in [0.4, 0.5) is 15.8 Å². The zero-order chi connectivity index (χ0) is 18.7. The summed E-state index contributed by atoms with van der Waals surface area (Å²) in [4.78, 5) is 27.8. The highest BCUT2D eigenvalue weighted by molar-refractivity contribution is 6.06. The molecule has 0 radical (unpaired) electrons. The number of oxime groups is 1. The molecule has 0 aliphatic carbocycles. The maximum Gasteiger partial charge on any atom is 0.273 e. The summed E-state index contributed by atoms with van der Waals surface area (Å²) in [6, 6.07) is 9.56. The van der Waals surface area contributed by atoms with Crippen LogP contribution in [0.5, 0.6) is 5.75 Å². The average molecular weight is 359 g/mol. The van der Waals surface area contributed by atoms with Crippen molar-refractivity contribution in [2.45, 2.75) is 12.5 Å². The van der Waals surface area contributed by atoms with E-state index in [-0.39, 0.29) is 29.4 Å². The van der Waals surface area contributed by atoms with Crippen LogP contribution in [0.15, 0.2) is 47.6 Å². The minimum Gasteiger partial charge on any atom is -0.494 e. The van der Waals surface area contributed by atoms with Gasteiger partial charge in [0.1, 0.15) is 11.6 Å². The number of non-ortho nitro benzene ring substituents is 1. The Balaban J connectivity index is 1.68.